The zero-order chi connectivity index (χ0) is 13.1. The van der Waals surface area contributed by atoms with Crippen molar-refractivity contribution in [1.29, 1.82) is 0 Å². The predicted octanol–water partition coefficient (Wildman–Crippen LogP) is 3.85. The van der Waals surface area contributed by atoms with Gasteiger partial charge >= 0.3 is 5.69 Å². The van der Waals surface area contributed by atoms with Crippen molar-refractivity contribution in [2.45, 2.75) is 6.92 Å². The van der Waals surface area contributed by atoms with Gasteiger partial charge in [0.2, 0.25) is 5.75 Å². The molecule has 0 amide bonds. The van der Waals surface area contributed by atoms with Crippen LogP contribution in [0.2, 0.25) is 0 Å². The molecule has 0 saturated carbocycles. The van der Waals surface area contributed by atoms with Crippen molar-refractivity contribution in [1.82, 2.24) is 4.98 Å². The minimum atomic E-state index is -0.448. The lowest BCUT2D eigenvalue weighted by Gasteiger charge is -2.07. The molecule has 2 rings (SSSR count). The molecule has 0 saturated heterocycles. The number of hydrogen-bond acceptors (Lipinski definition) is 4. The van der Waals surface area contributed by atoms with Gasteiger partial charge in [-0.05, 0) is 35.0 Å². The number of nitro benzene ring substituents is 1. The van der Waals surface area contributed by atoms with Crippen LogP contribution in [-0.2, 0) is 0 Å². The Bertz CT molecular complexity index is 602. The lowest BCUT2D eigenvalue weighted by atomic mass is 10.2. The first kappa shape index (κ1) is 12.5. The molecule has 0 unspecified atom stereocenters. The highest BCUT2D eigenvalue weighted by atomic mass is 79.9. The molecule has 0 aliphatic rings. The van der Waals surface area contributed by atoms with Crippen LogP contribution in [0.5, 0.6) is 11.5 Å². The fourth-order valence-electron chi connectivity index (χ4n) is 1.52. The normalized spacial score (nSPS) is 10.1. The maximum Gasteiger partial charge on any atom is 0.314 e. The monoisotopic (exact) mass is 308 g/mol. The van der Waals surface area contributed by atoms with Crippen molar-refractivity contribution in [2.75, 3.05) is 0 Å². The second-order valence-electron chi connectivity index (χ2n) is 3.62. The molecule has 1 aromatic carbocycles. The average molecular weight is 309 g/mol. The molecule has 18 heavy (non-hydrogen) atoms. The molecule has 1 heterocycles. The number of nitro groups is 1. The number of para-hydroxylation sites is 1. The smallest absolute Gasteiger partial charge is 0.314 e. The highest BCUT2D eigenvalue weighted by Gasteiger charge is 2.18. The number of halogens is 1. The molecule has 0 atom stereocenters. The molecule has 0 fully saturated rings. The third-order valence-corrected chi connectivity index (χ3v) is 2.72. The van der Waals surface area contributed by atoms with Gasteiger partial charge in [-0.25, -0.2) is 0 Å². The number of rotatable bonds is 3. The zero-order valence-corrected chi connectivity index (χ0v) is 11.0. The summed E-state index contributed by atoms with van der Waals surface area (Å²) in [7, 11) is 0. The minimum absolute atomic E-state index is 0.0301. The fraction of sp³-hybridized carbons (Fsp3) is 0.0833. The first-order chi connectivity index (χ1) is 8.58. The van der Waals surface area contributed by atoms with Crippen LogP contribution in [0, 0.1) is 17.0 Å². The van der Waals surface area contributed by atoms with Gasteiger partial charge in [-0.15, -0.1) is 0 Å². The van der Waals surface area contributed by atoms with E-state index in [2.05, 4.69) is 20.9 Å². The Morgan fingerprint density at radius 3 is 2.83 bits per heavy atom. The summed E-state index contributed by atoms with van der Waals surface area (Å²) in [6.07, 6.45) is 3.11. The van der Waals surface area contributed by atoms with Crippen molar-refractivity contribution < 1.29 is 9.66 Å². The van der Waals surface area contributed by atoms with Gasteiger partial charge in [-0.3, -0.25) is 15.1 Å². The summed E-state index contributed by atoms with van der Waals surface area (Å²) >= 11 is 3.26. The average Bonchev–Trinajstić information content (AvgIpc) is 2.28. The van der Waals surface area contributed by atoms with Crippen LogP contribution in [0.1, 0.15) is 5.56 Å². The van der Waals surface area contributed by atoms with Gasteiger partial charge in [0.05, 0.1) is 11.1 Å². The van der Waals surface area contributed by atoms with Crippen LogP contribution in [0.25, 0.3) is 0 Å². The van der Waals surface area contributed by atoms with Gasteiger partial charge in [0.1, 0.15) is 5.75 Å². The Morgan fingerprint density at radius 1 is 1.39 bits per heavy atom. The molecular weight excluding hydrogens is 300 g/mol. The molecule has 0 spiro atoms. The molecule has 0 N–H and O–H groups in total. The summed E-state index contributed by atoms with van der Waals surface area (Å²) in [4.78, 5) is 14.5. The summed E-state index contributed by atoms with van der Waals surface area (Å²) < 4.78 is 6.24. The summed E-state index contributed by atoms with van der Waals surface area (Å²) in [5.41, 5.74) is 0.526. The SMILES string of the molecule is Cc1cccc(Oc2cncc(Br)c2)c1[N+](=O)[O-]. The van der Waals surface area contributed by atoms with Crippen LogP contribution in [0.3, 0.4) is 0 Å². The van der Waals surface area contributed by atoms with E-state index >= 15 is 0 Å². The maximum atomic E-state index is 11.0. The molecule has 92 valence electrons. The fourth-order valence-corrected chi connectivity index (χ4v) is 1.87. The Hall–Kier alpha value is -1.95. The van der Waals surface area contributed by atoms with Crippen LogP contribution >= 0.6 is 15.9 Å². The molecule has 0 aliphatic heterocycles. The number of aromatic nitrogens is 1. The van der Waals surface area contributed by atoms with Crippen molar-refractivity contribution >= 4 is 21.6 Å². The van der Waals surface area contributed by atoms with Crippen molar-refractivity contribution in [3.63, 3.8) is 0 Å². The van der Waals surface area contributed by atoms with Crippen LogP contribution < -0.4 is 4.74 Å². The summed E-state index contributed by atoms with van der Waals surface area (Å²) in [5, 5.41) is 11.0. The molecule has 0 aliphatic carbocycles. The van der Waals surface area contributed by atoms with E-state index in [4.69, 9.17) is 4.74 Å². The third kappa shape index (κ3) is 2.65. The molecule has 0 bridgehead atoms. The largest absolute Gasteiger partial charge is 0.448 e. The number of aryl methyl sites for hydroxylation is 1. The first-order valence-corrected chi connectivity index (χ1v) is 5.89. The van der Waals surface area contributed by atoms with Gasteiger partial charge < -0.3 is 4.74 Å². The number of pyridine rings is 1. The van der Waals surface area contributed by atoms with E-state index in [0.717, 1.165) is 4.47 Å². The second kappa shape index (κ2) is 5.14. The molecule has 2 aromatic rings. The van der Waals surface area contributed by atoms with E-state index in [0.29, 0.717) is 11.3 Å². The number of hydrogen-bond donors (Lipinski definition) is 0. The number of benzene rings is 1. The molecule has 6 heteroatoms. The van der Waals surface area contributed by atoms with Crippen molar-refractivity contribution in [2.24, 2.45) is 0 Å². The zero-order valence-electron chi connectivity index (χ0n) is 9.46. The van der Waals surface area contributed by atoms with Crippen molar-refractivity contribution in [3.8, 4) is 11.5 Å². The van der Waals surface area contributed by atoms with E-state index in [1.165, 1.54) is 6.20 Å². The van der Waals surface area contributed by atoms with E-state index in [-0.39, 0.29) is 11.4 Å². The number of ether oxygens (including phenoxy) is 1. The maximum absolute atomic E-state index is 11.0. The Labute approximate surface area is 112 Å². The van der Waals surface area contributed by atoms with E-state index in [1.807, 2.05) is 0 Å². The second-order valence-corrected chi connectivity index (χ2v) is 4.54. The lowest BCUT2D eigenvalue weighted by molar-refractivity contribution is -0.386. The molecular formula is C12H9BrN2O3. The molecule has 1 aromatic heterocycles. The van der Waals surface area contributed by atoms with E-state index in [1.54, 1.807) is 37.4 Å². The molecule has 5 nitrogen and oxygen atoms in total. The van der Waals surface area contributed by atoms with Gasteiger partial charge in [-0.1, -0.05) is 12.1 Å². The van der Waals surface area contributed by atoms with Gasteiger partial charge in [0, 0.05) is 16.2 Å². The van der Waals surface area contributed by atoms with Crippen LogP contribution in [-0.4, -0.2) is 9.91 Å². The summed E-state index contributed by atoms with van der Waals surface area (Å²) in [5.74, 6) is 0.651. The van der Waals surface area contributed by atoms with Gasteiger partial charge in [-0.2, -0.15) is 0 Å². The van der Waals surface area contributed by atoms with Gasteiger partial charge in [0.15, 0.2) is 0 Å². The number of nitrogens with zero attached hydrogens (tertiary/aromatic N) is 2. The van der Waals surface area contributed by atoms with Gasteiger partial charge in [0.25, 0.3) is 0 Å². The minimum Gasteiger partial charge on any atom is -0.448 e. The third-order valence-electron chi connectivity index (χ3n) is 2.29. The standard InChI is InChI=1S/C12H9BrN2O3/c1-8-3-2-4-11(12(8)15(16)17)18-10-5-9(13)6-14-7-10/h2-7H,1H3. The van der Waals surface area contributed by atoms with Crippen LogP contribution in [0.4, 0.5) is 5.69 Å². The highest BCUT2D eigenvalue weighted by Crippen LogP contribution is 2.34. The summed E-state index contributed by atoms with van der Waals surface area (Å²) in [6, 6.07) is 6.64. The highest BCUT2D eigenvalue weighted by molar-refractivity contribution is 9.10. The van der Waals surface area contributed by atoms with Crippen molar-refractivity contribution in [3.05, 3.63) is 56.8 Å². The summed E-state index contributed by atoms with van der Waals surface area (Å²) in [6.45, 7) is 1.67. The lowest BCUT2D eigenvalue weighted by Crippen LogP contribution is -1.96. The predicted molar refractivity (Wildman–Crippen MR) is 69.8 cm³/mol. The first-order valence-electron chi connectivity index (χ1n) is 5.10. The van der Waals surface area contributed by atoms with E-state index in [9.17, 15) is 10.1 Å². The topological polar surface area (TPSA) is 65.3 Å². The van der Waals surface area contributed by atoms with Crippen LogP contribution in [0.15, 0.2) is 41.1 Å². The Balaban J connectivity index is 2.40. The Kier molecular flexibility index (Phi) is 3.57. The quantitative estimate of drug-likeness (QED) is 0.638. The molecule has 0 radical (unpaired) electrons. The van der Waals surface area contributed by atoms with E-state index < -0.39 is 4.92 Å². The Morgan fingerprint density at radius 2 is 2.17 bits per heavy atom.